The number of carbonyl (C=O) groups excluding carboxylic acids is 1. The number of pyridine rings is 1. The van der Waals surface area contributed by atoms with Crippen molar-refractivity contribution < 1.29 is 13.6 Å². The fourth-order valence-electron chi connectivity index (χ4n) is 4.83. The summed E-state index contributed by atoms with van der Waals surface area (Å²) >= 11 is 0. The molecule has 1 aliphatic rings. The molecule has 176 valence electrons. The van der Waals surface area contributed by atoms with E-state index in [1.807, 2.05) is 19.0 Å². The minimum absolute atomic E-state index is 0.0133. The number of aromatic amines is 1. The van der Waals surface area contributed by atoms with Crippen LogP contribution in [0.15, 0.2) is 30.5 Å². The van der Waals surface area contributed by atoms with E-state index in [0.29, 0.717) is 29.9 Å². The van der Waals surface area contributed by atoms with Gasteiger partial charge in [0, 0.05) is 35.5 Å². The van der Waals surface area contributed by atoms with Crippen LogP contribution in [0.5, 0.6) is 0 Å². The molecular weight excluding hydrogens is 436 g/mol. The second-order valence-corrected chi connectivity index (χ2v) is 9.15. The van der Waals surface area contributed by atoms with Crippen LogP contribution >= 0.6 is 0 Å². The van der Waals surface area contributed by atoms with E-state index in [-0.39, 0.29) is 11.1 Å². The second kappa shape index (κ2) is 9.10. The molecule has 6 nitrogen and oxygen atoms in total. The number of nitrogens with one attached hydrogen (secondary N) is 2. The van der Waals surface area contributed by atoms with Crippen molar-refractivity contribution in [3.8, 4) is 11.3 Å². The van der Waals surface area contributed by atoms with Crippen molar-refractivity contribution in [1.82, 2.24) is 25.4 Å². The molecule has 2 aromatic heterocycles. The van der Waals surface area contributed by atoms with Crippen molar-refractivity contribution in [2.75, 3.05) is 27.2 Å². The van der Waals surface area contributed by atoms with E-state index in [2.05, 4.69) is 15.5 Å². The van der Waals surface area contributed by atoms with Gasteiger partial charge >= 0.3 is 0 Å². The molecule has 0 bridgehead atoms. The molecule has 0 fully saturated rings. The zero-order valence-corrected chi connectivity index (χ0v) is 19.3. The first-order chi connectivity index (χ1) is 16.4. The molecule has 1 aliphatic carbocycles. The Balaban J connectivity index is 1.62. The molecule has 0 unspecified atom stereocenters. The molecule has 0 saturated carbocycles. The highest BCUT2D eigenvalue weighted by atomic mass is 19.1. The minimum atomic E-state index is -0.616. The van der Waals surface area contributed by atoms with Crippen LogP contribution in [0.1, 0.15) is 40.7 Å². The quantitative estimate of drug-likeness (QED) is 0.424. The molecule has 0 atom stereocenters. The minimum Gasteiger partial charge on any atom is -0.351 e. The van der Waals surface area contributed by atoms with E-state index in [1.165, 1.54) is 18.2 Å². The zero-order chi connectivity index (χ0) is 23.8. The lowest BCUT2D eigenvalue weighted by Gasteiger charge is -2.17. The van der Waals surface area contributed by atoms with Gasteiger partial charge in [-0.2, -0.15) is 5.10 Å². The van der Waals surface area contributed by atoms with E-state index in [1.54, 1.807) is 12.3 Å². The fraction of sp³-hybridized carbons (Fsp3) is 0.346. The maximum atomic E-state index is 15.1. The number of fused-ring (bicyclic) bond motifs is 5. The number of amides is 1. The highest BCUT2D eigenvalue weighted by Gasteiger charge is 2.23. The number of benzene rings is 2. The number of aromatic nitrogens is 3. The van der Waals surface area contributed by atoms with Crippen molar-refractivity contribution in [3.05, 3.63) is 58.8 Å². The van der Waals surface area contributed by atoms with Gasteiger partial charge in [-0.3, -0.25) is 9.89 Å². The lowest BCUT2D eigenvalue weighted by atomic mass is 9.92. The molecule has 2 heterocycles. The van der Waals surface area contributed by atoms with Gasteiger partial charge in [-0.15, -0.1) is 0 Å². The molecule has 34 heavy (non-hydrogen) atoms. The SMILES string of the molecule is CN(C)CCNC(=O)c1ccc(-c2nc3c(F)cc4[nH]ncc4c3c3c2CCCCC3)cc1F. The maximum absolute atomic E-state index is 15.1. The standard InChI is InChI=1S/C26H27F2N5O/c1-33(2)11-10-29-26(34)18-9-8-15(12-20(18)27)24-17-7-5-3-4-6-16(17)23-19-14-30-32-22(19)13-21(28)25(23)31-24/h8-9,12-14H,3-7,10-11H2,1-2H3,(H,29,34)(H,30,32). The predicted octanol–water partition coefficient (Wildman–Crippen LogP) is 4.62. The van der Waals surface area contributed by atoms with E-state index >= 15 is 8.78 Å². The van der Waals surface area contributed by atoms with Crippen LogP contribution in [-0.4, -0.2) is 53.2 Å². The lowest BCUT2D eigenvalue weighted by molar-refractivity contribution is 0.0947. The van der Waals surface area contributed by atoms with Gasteiger partial charge in [0.15, 0.2) is 5.82 Å². The highest BCUT2D eigenvalue weighted by Crippen LogP contribution is 2.38. The van der Waals surface area contributed by atoms with Crippen molar-refractivity contribution in [3.63, 3.8) is 0 Å². The summed E-state index contributed by atoms with van der Waals surface area (Å²) in [7, 11) is 3.81. The molecule has 2 N–H and O–H groups in total. The van der Waals surface area contributed by atoms with Gasteiger partial charge < -0.3 is 10.2 Å². The maximum Gasteiger partial charge on any atom is 0.254 e. The molecule has 1 amide bonds. The average molecular weight is 464 g/mol. The summed E-state index contributed by atoms with van der Waals surface area (Å²) in [6.45, 7) is 1.09. The molecule has 4 aromatic rings. The van der Waals surface area contributed by atoms with Crippen LogP contribution in [0.3, 0.4) is 0 Å². The number of hydrogen-bond acceptors (Lipinski definition) is 4. The summed E-state index contributed by atoms with van der Waals surface area (Å²) in [5.74, 6) is -1.50. The summed E-state index contributed by atoms with van der Waals surface area (Å²) in [5, 5.41) is 11.3. The monoisotopic (exact) mass is 463 g/mol. The smallest absolute Gasteiger partial charge is 0.254 e. The summed E-state index contributed by atoms with van der Waals surface area (Å²) in [4.78, 5) is 19.1. The Hall–Kier alpha value is -3.39. The Morgan fingerprint density at radius 3 is 2.65 bits per heavy atom. The van der Waals surface area contributed by atoms with Gasteiger partial charge in [-0.05, 0) is 63.0 Å². The molecule has 0 radical (unpaired) electrons. The predicted molar refractivity (Wildman–Crippen MR) is 129 cm³/mol. The Kier molecular flexibility index (Phi) is 6.00. The molecule has 2 aromatic carbocycles. The molecule has 8 heteroatoms. The Labute approximate surface area is 196 Å². The van der Waals surface area contributed by atoms with Crippen molar-refractivity contribution in [2.24, 2.45) is 0 Å². The average Bonchev–Trinajstić information content (AvgIpc) is 3.12. The van der Waals surface area contributed by atoms with Crippen molar-refractivity contribution in [1.29, 1.82) is 0 Å². The number of likely N-dealkylation sites (N-methyl/N-ethyl adjacent to an activating group) is 1. The number of rotatable bonds is 5. The van der Waals surface area contributed by atoms with Crippen LogP contribution in [-0.2, 0) is 12.8 Å². The first-order valence-corrected chi connectivity index (χ1v) is 11.6. The fourth-order valence-corrected chi connectivity index (χ4v) is 4.83. The number of H-pyrrole nitrogens is 1. The number of halogens is 2. The lowest BCUT2D eigenvalue weighted by Crippen LogP contribution is -2.31. The molecule has 0 aliphatic heterocycles. The summed E-state index contributed by atoms with van der Waals surface area (Å²) in [6, 6.07) is 5.94. The van der Waals surface area contributed by atoms with Gasteiger partial charge in [0.1, 0.15) is 11.3 Å². The highest BCUT2D eigenvalue weighted by molar-refractivity contribution is 6.08. The van der Waals surface area contributed by atoms with Crippen LogP contribution in [0, 0.1) is 11.6 Å². The van der Waals surface area contributed by atoms with Gasteiger partial charge in [0.25, 0.3) is 5.91 Å². The van der Waals surface area contributed by atoms with Crippen LogP contribution in [0.25, 0.3) is 33.1 Å². The Morgan fingerprint density at radius 2 is 1.88 bits per heavy atom. The summed E-state index contributed by atoms with van der Waals surface area (Å²) in [5.41, 5.74) is 4.13. The van der Waals surface area contributed by atoms with Crippen LogP contribution < -0.4 is 5.32 Å². The van der Waals surface area contributed by atoms with Gasteiger partial charge in [-0.25, -0.2) is 13.8 Å². The Morgan fingerprint density at radius 1 is 1.09 bits per heavy atom. The number of carbonyl (C=O) groups is 1. The van der Waals surface area contributed by atoms with Crippen LogP contribution in [0.4, 0.5) is 8.78 Å². The Bertz CT molecular complexity index is 1400. The molecule has 0 saturated heterocycles. The molecule has 0 spiro atoms. The number of nitrogens with zero attached hydrogens (tertiary/aromatic N) is 3. The third-order valence-corrected chi connectivity index (χ3v) is 6.53. The first kappa shape index (κ1) is 22.4. The first-order valence-electron chi connectivity index (χ1n) is 11.6. The van der Waals surface area contributed by atoms with Gasteiger partial charge in [-0.1, -0.05) is 12.5 Å². The largest absolute Gasteiger partial charge is 0.351 e. The van der Waals surface area contributed by atoms with E-state index < -0.39 is 17.5 Å². The topological polar surface area (TPSA) is 73.9 Å². The van der Waals surface area contributed by atoms with Gasteiger partial charge in [0.05, 0.1) is 23.0 Å². The van der Waals surface area contributed by atoms with Gasteiger partial charge in [0.2, 0.25) is 0 Å². The van der Waals surface area contributed by atoms with Crippen molar-refractivity contribution in [2.45, 2.75) is 32.1 Å². The summed E-state index contributed by atoms with van der Waals surface area (Å²) in [6.07, 6.45) is 6.37. The van der Waals surface area contributed by atoms with E-state index in [0.717, 1.165) is 54.0 Å². The number of hydrogen-bond donors (Lipinski definition) is 2. The molecular formula is C26H27F2N5O. The number of aryl methyl sites for hydroxylation is 1. The third kappa shape index (κ3) is 4.03. The zero-order valence-electron chi connectivity index (χ0n) is 19.3. The van der Waals surface area contributed by atoms with E-state index in [4.69, 9.17) is 4.98 Å². The normalized spacial score (nSPS) is 13.9. The van der Waals surface area contributed by atoms with E-state index in [9.17, 15) is 4.79 Å². The second-order valence-electron chi connectivity index (χ2n) is 9.15. The third-order valence-electron chi connectivity index (χ3n) is 6.53. The summed E-state index contributed by atoms with van der Waals surface area (Å²) < 4.78 is 30.2. The van der Waals surface area contributed by atoms with Crippen LogP contribution in [0.2, 0.25) is 0 Å². The van der Waals surface area contributed by atoms with Crippen molar-refractivity contribution >= 4 is 27.7 Å². The molecule has 5 rings (SSSR count).